The smallest absolute Gasteiger partial charge is 0.273 e. The Morgan fingerprint density at radius 1 is 1.21 bits per heavy atom. The van der Waals surface area contributed by atoms with E-state index in [2.05, 4.69) is 20.9 Å². The maximum Gasteiger partial charge on any atom is 0.273 e. The number of unbranched alkanes of at least 4 members (excludes halogenated alkanes) is 3. The summed E-state index contributed by atoms with van der Waals surface area (Å²) in [6.07, 6.45) is 3.66. The fourth-order valence-corrected chi connectivity index (χ4v) is 2.63. The van der Waals surface area contributed by atoms with E-state index >= 15 is 0 Å². The summed E-state index contributed by atoms with van der Waals surface area (Å²) in [6.45, 7) is 0.510. The van der Waals surface area contributed by atoms with Gasteiger partial charge in [0.05, 0.1) is 0 Å². The first-order chi connectivity index (χ1) is 13.5. The molecule has 2 amide bonds. The van der Waals surface area contributed by atoms with E-state index in [0.29, 0.717) is 24.4 Å². The fourth-order valence-electron chi connectivity index (χ4n) is 2.63. The third-order valence-corrected chi connectivity index (χ3v) is 4.15. The van der Waals surface area contributed by atoms with Crippen molar-refractivity contribution in [2.45, 2.75) is 32.1 Å². The molecule has 0 unspecified atom stereocenters. The second-order valence-corrected chi connectivity index (χ2v) is 6.25. The number of anilines is 1. The van der Waals surface area contributed by atoms with E-state index in [1.54, 1.807) is 24.3 Å². The molecule has 0 radical (unpaired) electrons. The molecule has 0 aliphatic rings. The van der Waals surface area contributed by atoms with Crippen LogP contribution in [-0.4, -0.2) is 41.5 Å². The van der Waals surface area contributed by atoms with Gasteiger partial charge >= 0.3 is 0 Å². The highest BCUT2D eigenvalue weighted by Gasteiger charge is 2.13. The van der Waals surface area contributed by atoms with Crippen molar-refractivity contribution in [3.05, 3.63) is 36.0 Å². The molecule has 0 fully saturated rings. The van der Waals surface area contributed by atoms with Crippen LogP contribution >= 0.6 is 0 Å². The average Bonchev–Trinajstić information content (AvgIpc) is 3.20. The summed E-state index contributed by atoms with van der Waals surface area (Å²) in [6, 6.07) is 8.73. The van der Waals surface area contributed by atoms with Gasteiger partial charge < -0.3 is 26.1 Å². The molecule has 0 atom stereocenters. The summed E-state index contributed by atoms with van der Waals surface area (Å²) in [5.74, 6) is -0.192. The molecular weight excluding hydrogens is 362 g/mol. The SMILES string of the molecule is CNC(=O)/C(CCCCCCNC(=O)c1cc(-c2cccc(N)c2)on1)=N/O. The number of rotatable bonds is 10. The van der Waals surface area contributed by atoms with Crippen molar-refractivity contribution in [2.24, 2.45) is 5.16 Å². The van der Waals surface area contributed by atoms with Crippen LogP contribution in [0.3, 0.4) is 0 Å². The van der Waals surface area contributed by atoms with Crippen molar-refractivity contribution in [1.82, 2.24) is 15.8 Å². The number of oxime groups is 1. The highest BCUT2D eigenvalue weighted by atomic mass is 16.5. The zero-order chi connectivity index (χ0) is 20.4. The van der Waals surface area contributed by atoms with Crippen molar-refractivity contribution < 1.29 is 19.3 Å². The molecular formula is C19H25N5O4. The number of benzene rings is 1. The fraction of sp³-hybridized carbons (Fsp3) is 0.368. The van der Waals surface area contributed by atoms with Crippen LogP contribution in [0.25, 0.3) is 11.3 Å². The molecule has 0 bridgehead atoms. The van der Waals surface area contributed by atoms with E-state index in [-0.39, 0.29) is 23.2 Å². The van der Waals surface area contributed by atoms with Crippen LogP contribution in [0, 0.1) is 0 Å². The maximum absolute atomic E-state index is 12.1. The second-order valence-electron chi connectivity index (χ2n) is 6.25. The lowest BCUT2D eigenvalue weighted by atomic mass is 10.1. The van der Waals surface area contributed by atoms with E-state index in [0.717, 1.165) is 31.2 Å². The van der Waals surface area contributed by atoms with Crippen LogP contribution in [0.4, 0.5) is 5.69 Å². The van der Waals surface area contributed by atoms with Crippen LogP contribution in [0.1, 0.15) is 42.6 Å². The molecule has 150 valence electrons. The van der Waals surface area contributed by atoms with Crippen LogP contribution < -0.4 is 16.4 Å². The number of hydrogen-bond donors (Lipinski definition) is 4. The number of aromatic nitrogens is 1. The molecule has 0 aliphatic heterocycles. The summed E-state index contributed by atoms with van der Waals surface area (Å²) in [5.41, 5.74) is 7.44. The Balaban J connectivity index is 1.67. The minimum Gasteiger partial charge on any atom is -0.410 e. The number of hydrogen-bond acceptors (Lipinski definition) is 7. The van der Waals surface area contributed by atoms with Crippen LogP contribution in [0.2, 0.25) is 0 Å². The molecule has 2 aromatic rings. The van der Waals surface area contributed by atoms with Crippen molar-refractivity contribution in [1.29, 1.82) is 0 Å². The van der Waals surface area contributed by atoms with Gasteiger partial charge in [0.1, 0.15) is 5.71 Å². The van der Waals surface area contributed by atoms with Gasteiger partial charge in [-0.25, -0.2) is 0 Å². The largest absolute Gasteiger partial charge is 0.410 e. The number of nitrogens with one attached hydrogen (secondary N) is 2. The maximum atomic E-state index is 12.1. The third-order valence-electron chi connectivity index (χ3n) is 4.15. The summed E-state index contributed by atoms with van der Waals surface area (Å²) < 4.78 is 5.22. The number of nitrogens with two attached hydrogens (primary N) is 1. The van der Waals surface area contributed by atoms with Crippen molar-refractivity contribution in [2.75, 3.05) is 19.3 Å². The van der Waals surface area contributed by atoms with Gasteiger partial charge in [0.2, 0.25) is 0 Å². The Kier molecular flexibility index (Phi) is 8.01. The first-order valence-corrected chi connectivity index (χ1v) is 9.09. The first-order valence-electron chi connectivity index (χ1n) is 9.09. The lowest BCUT2D eigenvalue weighted by Gasteiger charge is -2.04. The molecule has 0 saturated carbocycles. The molecule has 9 nitrogen and oxygen atoms in total. The minimum absolute atomic E-state index is 0.123. The predicted octanol–water partition coefficient (Wildman–Crippen LogP) is 2.18. The Hall–Kier alpha value is -3.36. The van der Waals surface area contributed by atoms with Gasteiger partial charge in [-0.1, -0.05) is 35.3 Å². The normalized spacial score (nSPS) is 11.2. The molecule has 1 aromatic carbocycles. The summed E-state index contributed by atoms with van der Waals surface area (Å²) >= 11 is 0. The summed E-state index contributed by atoms with van der Waals surface area (Å²) in [7, 11) is 1.49. The van der Waals surface area contributed by atoms with Crippen molar-refractivity contribution >= 4 is 23.2 Å². The lowest BCUT2D eigenvalue weighted by molar-refractivity contribution is -0.114. The van der Waals surface area contributed by atoms with Gasteiger partial charge in [-0.2, -0.15) is 0 Å². The van der Waals surface area contributed by atoms with Gasteiger partial charge in [0.25, 0.3) is 11.8 Å². The number of nitrogen functional groups attached to an aromatic ring is 1. The van der Waals surface area contributed by atoms with E-state index in [4.69, 9.17) is 15.5 Å². The zero-order valence-corrected chi connectivity index (χ0v) is 15.8. The molecule has 2 rings (SSSR count). The number of amides is 2. The first kappa shape index (κ1) is 20.9. The van der Waals surface area contributed by atoms with E-state index < -0.39 is 0 Å². The van der Waals surface area contributed by atoms with E-state index in [1.165, 1.54) is 7.05 Å². The standard InChI is InChI=1S/C19H25N5O4/c1-21-18(25)15(23-27)9-4-2-3-5-10-22-19(26)16-12-17(28-24-16)13-7-6-8-14(20)11-13/h6-8,11-12,27H,2-5,9-10,20H2,1H3,(H,21,25)(H,22,26)/b23-15+. The highest BCUT2D eigenvalue weighted by Crippen LogP contribution is 2.22. The topological polar surface area (TPSA) is 143 Å². The van der Waals surface area contributed by atoms with Gasteiger partial charge in [-0.3, -0.25) is 9.59 Å². The van der Waals surface area contributed by atoms with Gasteiger partial charge in [0.15, 0.2) is 11.5 Å². The number of carbonyl (C=O) groups is 2. The van der Waals surface area contributed by atoms with E-state index in [9.17, 15) is 9.59 Å². The Morgan fingerprint density at radius 2 is 2.00 bits per heavy atom. The molecule has 0 saturated heterocycles. The highest BCUT2D eigenvalue weighted by molar-refractivity contribution is 6.38. The molecule has 1 aromatic heterocycles. The van der Waals surface area contributed by atoms with Gasteiger partial charge in [-0.15, -0.1) is 0 Å². The van der Waals surface area contributed by atoms with Gasteiger partial charge in [0, 0.05) is 30.9 Å². The summed E-state index contributed by atoms with van der Waals surface area (Å²) in [4.78, 5) is 23.5. The van der Waals surface area contributed by atoms with E-state index in [1.807, 2.05) is 6.07 Å². The third kappa shape index (κ3) is 6.11. The lowest BCUT2D eigenvalue weighted by Crippen LogP contribution is -2.27. The molecule has 9 heteroatoms. The number of nitrogens with zero attached hydrogens (tertiary/aromatic N) is 2. The molecule has 0 spiro atoms. The summed E-state index contributed by atoms with van der Waals surface area (Å²) in [5, 5.41) is 20.8. The Bertz CT molecular complexity index is 831. The monoisotopic (exact) mass is 387 g/mol. The second kappa shape index (κ2) is 10.7. The molecule has 1 heterocycles. The Labute approximate surface area is 163 Å². The van der Waals surface area contributed by atoms with Crippen molar-refractivity contribution in [3.8, 4) is 11.3 Å². The van der Waals surface area contributed by atoms with Gasteiger partial charge in [-0.05, 0) is 31.4 Å². The minimum atomic E-state index is -0.375. The molecule has 28 heavy (non-hydrogen) atoms. The number of carbonyl (C=O) groups excluding carboxylic acids is 2. The zero-order valence-electron chi connectivity index (χ0n) is 15.8. The van der Waals surface area contributed by atoms with Crippen LogP contribution in [0.5, 0.6) is 0 Å². The van der Waals surface area contributed by atoms with Crippen molar-refractivity contribution in [3.63, 3.8) is 0 Å². The van der Waals surface area contributed by atoms with Crippen LogP contribution in [-0.2, 0) is 4.79 Å². The molecule has 5 N–H and O–H groups in total. The van der Waals surface area contributed by atoms with Crippen LogP contribution in [0.15, 0.2) is 40.0 Å². The molecule has 0 aliphatic carbocycles. The predicted molar refractivity (Wildman–Crippen MR) is 105 cm³/mol. The Morgan fingerprint density at radius 3 is 2.71 bits per heavy atom. The average molecular weight is 387 g/mol. The quantitative estimate of drug-likeness (QED) is 0.162.